The lowest BCUT2D eigenvalue weighted by atomic mass is 9.48. The fourth-order valence-corrected chi connectivity index (χ4v) is 7.34. The number of hydrogen-bond acceptors (Lipinski definition) is 3. The van der Waals surface area contributed by atoms with Crippen molar-refractivity contribution >= 4 is 11.8 Å². The summed E-state index contributed by atoms with van der Waals surface area (Å²) in [7, 11) is 0. The average molecular weight is 371 g/mol. The van der Waals surface area contributed by atoms with Crippen LogP contribution in [0.2, 0.25) is 0 Å². The molecule has 0 aliphatic heterocycles. The normalized spacial score (nSPS) is 44.0. The highest BCUT2D eigenvalue weighted by molar-refractivity contribution is 5.92. The Bertz CT molecular complexity index is 704. The van der Waals surface area contributed by atoms with Gasteiger partial charge < -0.3 is 4.74 Å². The lowest BCUT2D eigenvalue weighted by Gasteiger charge is -2.56. The minimum atomic E-state index is -0.167. The lowest BCUT2D eigenvalue weighted by Crippen LogP contribution is -2.49. The van der Waals surface area contributed by atoms with E-state index in [0.29, 0.717) is 53.8 Å². The van der Waals surface area contributed by atoms with E-state index in [1.807, 2.05) is 6.08 Å². The average Bonchev–Trinajstić information content (AvgIpc) is 2.97. The van der Waals surface area contributed by atoms with Gasteiger partial charge in [0, 0.05) is 13.3 Å². The summed E-state index contributed by atoms with van der Waals surface area (Å²) in [6.07, 6.45) is 13.4. The van der Waals surface area contributed by atoms with Gasteiger partial charge in [0.15, 0.2) is 5.78 Å². The first-order chi connectivity index (χ1) is 12.8. The van der Waals surface area contributed by atoms with E-state index >= 15 is 0 Å². The number of rotatable bonds is 3. The Morgan fingerprint density at radius 3 is 2.74 bits per heavy atom. The van der Waals surface area contributed by atoms with Crippen molar-refractivity contribution in [2.75, 3.05) is 6.61 Å². The van der Waals surface area contributed by atoms with E-state index in [1.54, 1.807) is 0 Å². The third kappa shape index (κ3) is 2.93. The first-order valence-electron chi connectivity index (χ1n) is 10.8. The predicted octanol–water partition coefficient (Wildman–Crippen LogP) is 5.11. The van der Waals surface area contributed by atoms with E-state index in [2.05, 4.69) is 32.9 Å². The molecule has 3 heteroatoms. The molecule has 0 aromatic heterocycles. The van der Waals surface area contributed by atoms with E-state index in [9.17, 15) is 9.59 Å². The van der Waals surface area contributed by atoms with Crippen LogP contribution in [0.4, 0.5) is 0 Å². The third-order valence-corrected chi connectivity index (χ3v) is 8.83. The summed E-state index contributed by atoms with van der Waals surface area (Å²) in [5.74, 6) is 3.20. The maximum atomic E-state index is 11.9. The summed E-state index contributed by atoms with van der Waals surface area (Å²) in [4.78, 5) is 23.2. The Morgan fingerprint density at radius 1 is 1.22 bits per heavy atom. The Labute approximate surface area is 163 Å². The van der Waals surface area contributed by atoms with Crippen LogP contribution < -0.4 is 0 Å². The zero-order chi connectivity index (χ0) is 19.4. The smallest absolute Gasteiger partial charge is 0.302 e. The van der Waals surface area contributed by atoms with E-state index in [-0.39, 0.29) is 11.4 Å². The molecule has 0 amide bonds. The molecular weight excluding hydrogens is 336 g/mol. The van der Waals surface area contributed by atoms with Crippen molar-refractivity contribution in [3.05, 3.63) is 23.8 Å². The summed E-state index contributed by atoms with van der Waals surface area (Å²) < 4.78 is 5.35. The standard InChI is InChI=1S/C24H34O3/c1-15(14-27-16(2)25)20-7-8-21-19-6-5-17-13-18(26)9-11-23(17,3)22(19)10-12-24(20,21)4/h5-6,13,15,19-22H,7-12,14H2,1-4H3/t15-,19?,20?,21?,22?,23?,24-/m1/s1. The van der Waals surface area contributed by atoms with Crippen LogP contribution in [0.15, 0.2) is 23.8 Å². The van der Waals surface area contributed by atoms with Crippen molar-refractivity contribution in [3.8, 4) is 0 Å². The molecule has 4 aliphatic rings. The summed E-state index contributed by atoms with van der Waals surface area (Å²) in [5.41, 5.74) is 1.80. The van der Waals surface area contributed by atoms with Crippen molar-refractivity contribution in [3.63, 3.8) is 0 Å². The lowest BCUT2D eigenvalue weighted by molar-refractivity contribution is -0.143. The number of hydrogen-bond donors (Lipinski definition) is 0. The van der Waals surface area contributed by atoms with Crippen molar-refractivity contribution in [2.24, 2.45) is 40.4 Å². The minimum Gasteiger partial charge on any atom is -0.466 e. The summed E-state index contributed by atoms with van der Waals surface area (Å²) in [6, 6.07) is 0. The zero-order valence-electron chi connectivity index (χ0n) is 17.3. The molecule has 2 fully saturated rings. The SMILES string of the molecule is CC(=O)OC[C@@H](C)C1CCC2C3C=CC4=CC(=O)CCC4(C)C3CC[C@@]21C. The van der Waals surface area contributed by atoms with Crippen LogP contribution in [0.3, 0.4) is 0 Å². The molecule has 0 heterocycles. The number of carbonyl (C=O) groups is 2. The molecule has 4 rings (SSSR count). The van der Waals surface area contributed by atoms with Gasteiger partial charge in [0.25, 0.3) is 0 Å². The van der Waals surface area contributed by atoms with Crippen molar-refractivity contribution in [2.45, 2.75) is 66.2 Å². The molecule has 2 saturated carbocycles. The molecule has 0 N–H and O–H groups in total. The number of allylic oxidation sites excluding steroid dienone is 4. The number of ketones is 1. The molecule has 0 aromatic carbocycles. The largest absolute Gasteiger partial charge is 0.466 e. The molecule has 5 unspecified atom stereocenters. The second-order valence-corrected chi connectivity index (χ2v) is 10.1. The number of ether oxygens (including phenoxy) is 1. The molecule has 0 aromatic rings. The molecule has 27 heavy (non-hydrogen) atoms. The monoisotopic (exact) mass is 370 g/mol. The third-order valence-electron chi connectivity index (χ3n) is 8.83. The van der Waals surface area contributed by atoms with Gasteiger partial charge in [-0.05, 0) is 84.2 Å². The van der Waals surface area contributed by atoms with Gasteiger partial charge in [-0.15, -0.1) is 0 Å². The maximum absolute atomic E-state index is 11.9. The van der Waals surface area contributed by atoms with Gasteiger partial charge in [-0.2, -0.15) is 0 Å². The number of carbonyl (C=O) groups excluding carboxylic acids is 2. The quantitative estimate of drug-likeness (QED) is 0.648. The topological polar surface area (TPSA) is 43.4 Å². The molecule has 3 nitrogen and oxygen atoms in total. The van der Waals surface area contributed by atoms with E-state index in [1.165, 1.54) is 38.2 Å². The van der Waals surface area contributed by atoms with Gasteiger partial charge in [0.05, 0.1) is 6.61 Å². The van der Waals surface area contributed by atoms with Crippen LogP contribution in [0.1, 0.15) is 66.2 Å². The van der Waals surface area contributed by atoms with Crippen LogP contribution in [-0.4, -0.2) is 18.4 Å². The zero-order valence-corrected chi connectivity index (χ0v) is 17.3. The molecule has 0 radical (unpaired) electrons. The van der Waals surface area contributed by atoms with Gasteiger partial charge in [0.2, 0.25) is 0 Å². The van der Waals surface area contributed by atoms with E-state index in [0.717, 1.165) is 6.42 Å². The second-order valence-electron chi connectivity index (χ2n) is 10.1. The van der Waals surface area contributed by atoms with E-state index in [4.69, 9.17) is 4.74 Å². The fraction of sp³-hybridized carbons (Fsp3) is 0.750. The molecule has 4 aliphatic carbocycles. The fourth-order valence-electron chi connectivity index (χ4n) is 7.34. The van der Waals surface area contributed by atoms with Gasteiger partial charge in [-0.1, -0.05) is 32.9 Å². The number of fused-ring (bicyclic) bond motifs is 5. The second kappa shape index (κ2) is 6.60. The Hall–Kier alpha value is -1.38. The number of esters is 1. The minimum absolute atomic E-state index is 0.167. The highest BCUT2D eigenvalue weighted by atomic mass is 16.5. The van der Waals surface area contributed by atoms with Crippen molar-refractivity contribution < 1.29 is 14.3 Å². The van der Waals surface area contributed by atoms with E-state index < -0.39 is 0 Å². The summed E-state index contributed by atoms with van der Waals surface area (Å²) in [5, 5.41) is 0. The Kier molecular flexibility index (Phi) is 4.63. The van der Waals surface area contributed by atoms with Crippen LogP contribution in [0.5, 0.6) is 0 Å². The van der Waals surface area contributed by atoms with Crippen LogP contribution in [0, 0.1) is 40.4 Å². The van der Waals surface area contributed by atoms with Crippen LogP contribution in [-0.2, 0) is 14.3 Å². The van der Waals surface area contributed by atoms with Gasteiger partial charge >= 0.3 is 5.97 Å². The molecule has 7 atom stereocenters. The molecule has 0 spiro atoms. The molecule has 148 valence electrons. The highest BCUT2D eigenvalue weighted by Crippen LogP contribution is 2.66. The van der Waals surface area contributed by atoms with Crippen molar-refractivity contribution in [1.29, 1.82) is 0 Å². The van der Waals surface area contributed by atoms with Gasteiger partial charge in [-0.25, -0.2) is 0 Å². The maximum Gasteiger partial charge on any atom is 0.302 e. The van der Waals surface area contributed by atoms with Crippen molar-refractivity contribution in [1.82, 2.24) is 0 Å². The highest BCUT2D eigenvalue weighted by Gasteiger charge is 2.58. The van der Waals surface area contributed by atoms with Crippen LogP contribution >= 0.6 is 0 Å². The van der Waals surface area contributed by atoms with Gasteiger partial charge in [-0.3, -0.25) is 9.59 Å². The Morgan fingerprint density at radius 2 is 2.00 bits per heavy atom. The molecular formula is C24H34O3. The van der Waals surface area contributed by atoms with Gasteiger partial charge in [0.1, 0.15) is 0 Å². The molecule has 0 saturated heterocycles. The Balaban J connectivity index is 1.59. The first kappa shape index (κ1) is 19.0. The summed E-state index contributed by atoms with van der Waals surface area (Å²) in [6.45, 7) is 9.23. The first-order valence-corrected chi connectivity index (χ1v) is 10.8. The molecule has 0 bridgehead atoms. The predicted molar refractivity (Wildman–Crippen MR) is 106 cm³/mol. The van der Waals surface area contributed by atoms with Crippen LogP contribution in [0.25, 0.3) is 0 Å². The summed E-state index contributed by atoms with van der Waals surface area (Å²) >= 11 is 0.